The van der Waals surface area contributed by atoms with E-state index >= 15 is 0 Å². The largest absolute Gasteiger partial charge is 0.388 e. The normalized spacial score (nSPS) is 16.9. The minimum atomic E-state index is -1.49. The van der Waals surface area contributed by atoms with Gasteiger partial charge < -0.3 is 14.8 Å². The highest BCUT2D eigenvalue weighted by Gasteiger charge is 2.64. The lowest BCUT2D eigenvalue weighted by Crippen LogP contribution is -2.39. The van der Waals surface area contributed by atoms with Crippen LogP contribution in [0.3, 0.4) is 0 Å². The number of hydrogen-bond donors (Lipinski definition) is 2. The Hall–Kier alpha value is -3.58. The molecule has 0 amide bonds. The van der Waals surface area contributed by atoms with E-state index in [1.165, 1.54) is 0 Å². The number of para-hydroxylation sites is 1. The highest BCUT2D eigenvalue weighted by Crippen LogP contribution is 2.65. The number of aliphatic hydroxyl groups is 2. The number of nitrogens with zero attached hydrogens (tertiary/aromatic N) is 1. The Morgan fingerprint density at radius 3 is 2.27 bits per heavy atom. The zero-order valence-corrected chi connectivity index (χ0v) is 18.5. The zero-order chi connectivity index (χ0) is 22.9. The topological polar surface area (TPSA) is 45.4 Å². The van der Waals surface area contributed by atoms with Crippen molar-refractivity contribution in [1.29, 1.82) is 0 Å². The van der Waals surface area contributed by atoms with E-state index in [0.717, 1.165) is 22.0 Å². The van der Waals surface area contributed by atoms with Crippen LogP contribution < -0.4 is 0 Å². The van der Waals surface area contributed by atoms with E-state index in [2.05, 4.69) is 23.0 Å². The maximum absolute atomic E-state index is 12.2. The molecule has 2 atom stereocenters. The average molecular weight is 434 g/mol. The van der Waals surface area contributed by atoms with Crippen LogP contribution in [0.2, 0.25) is 0 Å². The van der Waals surface area contributed by atoms with Crippen LogP contribution in [0.25, 0.3) is 10.9 Å². The third-order valence-corrected chi connectivity index (χ3v) is 6.83. The van der Waals surface area contributed by atoms with Gasteiger partial charge in [0.25, 0.3) is 0 Å². The average Bonchev–Trinajstić information content (AvgIpc) is 3.61. The summed E-state index contributed by atoms with van der Waals surface area (Å²) >= 11 is 0. The first-order chi connectivity index (χ1) is 16.1. The molecule has 0 radical (unpaired) electrons. The van der Waals surface area contributed by atoms with Gasteiger partial charge in [0.05, 0.1) is 6.10 Å². The van der Waals surface area contributed by atoms with Gasteiger partial charge in [0.2, 0.25) is 0 Å². The van der Waals surface area contributed by atoms with Gasteiger partial charge >= 0.3 is 0 Å². The molecule has 0 aliphatic heterocycles. The van der Waals surface area contributed by atoms with Crippen molar-refractivity contribution in [2.75, 3.05) is 0 Å². The van der Waals surface area contributed by atoms with Crippen LogP contribution in [0.15, 0.2) is 104 Å². The first-order valence-corrected chi connectivity index (χ1v) is 11.3. The van der Waals surface area contributed by atoms with E-state index in [9.17, 15) is 10.2 Å². The van der Waals surface area contributed by atoms with Crippen LogP contribution in [-0.2, 0) is 12.1 Å². The van der Waals surface area contributed by atoms with Crippen LogP contribution in [0.1, 0.15) is 35.6 Å². The van der Waals surface area contributed by atoms with Gasteiger partial charge in [-0.25, -0.2) is 0 Å². The molecule has 33 heavy (non-hydrogen) atoms. The second-order valence-electron chi connectivity index (χ2n) is 8.79. The molecule has 3 nitrogen and oxygen atoms in total. The highest BCUT2D eigenvalue weighted by molar-refractivity contribution is 5.84. The molecule has 0 bridgehead atoms. The van der Waals surface area contributed by atoms with E-state index in [-0.39, 0.29) is 0 Å². The number of benzene rings is 3. The molecule has 2 N–H and O–H groups in total. The van der Waals surface area contributed by atoms with E-state index in [4.69, 9.17) is 0 Å². The molecule has 1 aliphatic rings. The van der Waals surface area contributed by atoms with Gasteiger partial charge in [-0.1, -0.05) is 84.6 Å². The fourth-order valence-corrected chi connectivity index (χ4v) is 4.90. The Morgan fingerprint density at radius 1 is 0.970 bits per heavy atom. The molecule has 1 aliphatic carbocycles. The van der Waals surface area contributed by atoms with Gasteiger partial charge in [-0.3, -0.25) is 0 Å². The van der Waals surface area contributed by atoms with Gasteiger partial charge in [-0.2, -0.15) is 0 Å². The number of aromatic nitrogens is 1. The van der Waals surface area contributed by atoms with Gasteiger partial charge in [-0.15, -0.1) is 6.58 Å². The summed E-state index contributed by atoms with van der Waals surface area (Å²) in [6, 6.07) is 27.2. The Morgan fingerprint density at radius 2 is 1.61 bits per heavy atom. The Kier molecular flexibility index (Phi) is 5.42. The number of aliphatic hydroxyl groups excluding tert-OH is 1. The van der Waals surface area contributed by atoms with Crippen LogP contribution in [-0.4, -0.2) is 14.8 Å². The molecule has 1 saturated carbocycles. The van der Waals surface area contributed by atoms with Crippen LogP contribution in [0, 0.1) is 17.3 Å². The Labute approximate surface area is 194 Å². The molecule has 0 saturated heterocycles. The van der Waals surface area contributed by atoms with Crippen molar-refractivity contribution in [1.82, 2.24) is 4.57 Å². The van der Waals surface area contributed by atoms with Gasteiger partial charge in [0, 0.05) is 40.2 Å². The SMILES string of the molecule is C=CCn1cc(C(O)C2(C(O)(C#Cc3ccccc3)c3ccccc3)CC2)c2ccccc21. The molecule has 5 rings (SSSR count). The fraction of sp³-hybridized carbons (Fsp3) is 0.200. The first kappa shape index (κ1) is 21.3. The number of allylic oxidation sites excluding steroid dienone is 1. The molecule has 2 unspecified atom stereocenters. The van der Waals surface area contributed by atoms with Crippen molar-refractivity contribution in [2.24, 2.45) is 5.41 Å². The summed E-state index contributed by atoms with van der Waals surface area (Å²) in [7, 11) is 0. The summed E-state index contributed by atoms with van der Waals surface area (Å²) in [6.07, 6.45) is 4.34. The lowest BCUT2D eigenvalue weighted by atomic mass is 9.73. The second kappa shape index (κ2) is 8.41. The molecule has 4 aromatic rings. The highest BCUT2D eigenvalue weighted by atomic mass is 16.3. The predicted octanol–water partition coefficient (Wildman–Crippen LogP) is 5.58. The second-order valence-corrected chi connectivity index (χ2v) is 8.79. The summed E-state index contributed by atoms with van der Waals surface area (Å²) in [5.41, 5.74) is 1.12. The third kappa shape index (κ3) is 3.58. The minimum Gasteiger partial charge on any atom is -0.388 e. The molecule has 1 heterocycles. The smallest absolute Gasteiger partial charge is 0.159 e. The number of rotatable bonds is 6. The van der Waals surface area contributed by atoms with Gasteiger partial charge in [0.15, 0.2) is 5.60 Å². The van der Waals surface area contributed by atoms with Crippen molar-refractivity contribution >= 4 is 10.9 Å². The summed E-state index contributed by atoms with van der Waals surface area (Å²) in [4.78, 5) is 0. The minimum absolute atomic E-state index is 0.650. The van der Waals surface area contributed by atoms with Crippen LogP contribution in [0.4, 0.5) is 0 Å². The van der Waals surface area contributed by atoms with Crippen molar-refractivity contribution in [3.05, 3.63) is 120 Å². The van der Waals surface area contributed by atoms with Crippen molar-refractivity contribution in [2.45, 2.75) is 31.1 Å². The standard InChI is InChI=1S/C30H27NO2/c1-2-21-31-22-26(25-15-9-10-16-27(25)31)28(32)29(19-20-29)30(33,24-13-7-4-8-14-24)18-17-23-11-5-3-6-12-23/h2-16,22,28,32-33H,1,19-21H2. The maximum atomic E-state index is 12.2. The summed E-state index contributed by atoms with van der Waals surface area (Å²) in [5.74, 6) is 6.35. The van der Waals surface area contributed by atoms with Crippen molar-refractivity contribution in [3.63, 3.8) is 0 Å². The molecule has 164 valence electrons. The third-order valence-electron chi connectivity index (χ3n) is 6.83. The monoisotopic (exact) mass is 433 g/mol. The fourth-order valence-electron chi connectivity index (χ4n) is 4.90. The van der Waals surface area contributed by atoms with E-state index in [1.54, 1.807) is 0 Å². The Bertz CT molecular complexity index is 1340. The Balaban J connectivity index is 1.64. The molecular formula is C30H27NO2. The van der Waals surface area contributed by atoms with E-state index in [1.807, 2.05) is 97.2 Å². The van der Waals surface area contributed by atoms with Gasteiger partial charge in [0.1, 0.15) is 0 Å². The van der Waals surface area contributed by atoms with Gasteiger partial charge in [-0.05, 0) is 36.6 Å². The van der Waals surface area contributed by atoms with Crippen LogP contribution >= 0.6 is 0 Å². The number of hydrogen-bond acceptors (Lipinski definition) is 2. The zero-order valence-electron chi connectivity index (χ0n) is 18.5. The summed E-state index contributed by atoms with van der Waals surface area (Å²) in [6.45, 7) is 4.52. The molecular weight excluding hydrogens is 406 g/mol. The lowest BCUT2D eigenvalue weighted by Gasteiger charge is -2.36. The van der Waals surface area contributed by atoms with Crippen LogP contribution in [0.5, 0.6) is 0 Å². The molecule has 3 heteroatoms. The van der Waals surface area contributed by atoms with E-state index in [0.29, 0.717) is 24.9 Å². The lowest BCUT2D eigenvalue weighted by molar-refractivity contribution is -0.0555. The quantitative estimate of drug-likeness (QED) is 0.308. The summed E-state index contributed by atoms with van der Waals surface area (Å²) in [5, 5.41) is 25.0. The molecule has 0 spiro atoms. The van der Waals surface area contributed by atoms with Crippen molar-refractivity contribution < 1.29 is 10.2 Å². The maximum Gasteiger partial charge on any atom is 0.159 e. The van der Waals surface area contributed by atoms with Crippen molar-refractivity contribution in [3.8, 4) is 11.8 Å². The first-order valence-electron chi connectivity index (χ1n) is 11.3. The molecule has 3 aromatic carbocycles. The summed E-state index contributed by atoms with van der Waals surface area (Å²) < 4.78 is 2.09. The number of fused-ring (bicyclic) bond motifs is 1. The van der Waals surface area contributed by atoms with E-state index < -0.39 is 17.1 Å². The molecule has 1 fully saturated rings. The molecule has 1 aromatic heterocycles. The predicted molar refractivity (Wildman–Crippen MR) is 132 cm³/mol.